The van der Waals surface area contributed by atoms with Gasteiger partial charge in [-0.15, -0.1) is 0 Å². The molecule has 2 atom stereocenters. The Morgan fingerprint density at radius 1 is 0.905 bits per heavy atom. The van der Waals surface area contributed by atoms with Crippen molar-refractivity contribution in [3.63, 3.8) is 0 Å². The Hall–Kier alpha value is -1.32. The topological polar surface area (TPSA) is 52.6 Å². The van der Waals surface area contributed by atoms with E-state index < -0.39 is 0 Å². The summed E-state index contributed by atoms with van der Waals surface area (Å²) in [5.41, 5.74) is 0. The molecule has 1 rings (SSSR count). The van der Waals surface area contributed by atoms with Crippen LogP contribution in [0.3, 0.4) is 0 Å². The van der Waals surface area contributed by atoms with Crippen LogP contribution < -0.4 is 0 Å². The largest absolute Gasteiger partial charge is 0.466 e. The van der Waals surface area contributed by atoms with Gasteiger partial charge < -0.3 is 9.47 Å². The molecule has 0 saturated carbocycles. The van der Waals surface area contributed by atoms with Gasteiger partial charge in [0.15, 0.2) is 0 Å². The molecule has 0 aliphatic heterocycles. The van der Waals surface area contributed by atoms with Crippen molar-refractivity contribution < 1.29 is 19.1 Å². The minimum atomic E-state index is -0.387. The summed E-state index contributed by atoms with van der Waals surface area (Å²) in [5.74, 6) is -1.31. The maximum atomic E-state index is 12.1. The third-order valence-corrected chi connectivity index (χ3v) is 3.82. The third-order valence-electron chi connectivity index (χ3n) is 3.82. The van der Waals surface area contributed by atoms with E-state index in [-0.39, 0.29) is 23.8 Å². The van der Waals surface area contributed by atoms with Crippen molar-refractivity contribution in [2.75, 3.05) is 13.2 Å². The van der Waals surface area contributed by atoms with Crippen LogP contribution in [-0.2, 0) is 19.1 Å². The predicted molar refractivity (Wildman–Crippen MR) is 81.7 cm³/mol. The van der Waals surface area contributed by atoms with E-state index in [2.05, 4.69) is 6.92 Å². The fourth-order valence-electron chi connectivity index (χ4n) is 2.57. The number of carbonyl (C=O) groups excluding carboxylic acids is 2. The fourth-order valence-corrected chi connectivity index (χ4v) is 2.57. The first-order valence-electron chi connectivity index (χ1n) is 8.19. The molecule has 21 heavy (non-hydrogen) atoms. The highest BCUT2D eigenvalue weighted by Crippen LogP contribution is 2.28. The highest BCUT2D eigenvalue weighted by Gasteiger charge is 2.36. The van der Waals surface area contributed by atoms with Gasteiger partial charge in [-0.25, -0.2) is 0 Å². The summed E-state index contributed by atoms with van der Waals surface area (Å²) in [6.07, 6.45) is 10.6. The highest BCUT2D eigenvalue weighted by atomic mass is 16.5. The Labute approximate surface area is 127 Å². The summed E-state index contributed by atoms with van der Waals surface area (Å²) in [6.45, 7) is 4.75. The number of hydrogen-bond acceptors (Lipinski definition) is 4. The molecule has 0 aromatic carbocycles. The van der Waals surface area contributed by atoms with Crippen LogP contribution >= 0.6 is 0 Å². The summed E-state index contributed by atoms with van der Waals surface area (Å²) in [6, 6.07) is 0. The van der Waals surface area contributed by atoms with Crippen LogP contribution in [0, 0.1) is 11.8 Å². The zero-order valence-electron chi connectivity index (χ0n) is 13.3. The Balaban J connectivity index is 2.36. The van der Waals surface area contributed by atoms with Gasteiger partial charge in [-0.3, -0.25) is 9.59 Å². The summed E-state index contributed by atoms with van der Waals surface area (Å²) < 4.78 is 10.4. The number of hydrogen-bond donors (Lipinski definition) is 0. The van der Waals surface area contributed by atoms with Gasteiger partial charge in [-0.05, 0) is 26.2 Å². The van der Waals surface area contributed by atoms with Crippen LogP contribution in [0.5, 0.6) is 0 Å². The normalized spacial score (nSPS) is 21.0. The number of esters is 2. The SMILES string of the molecule is CCCCCCCOC(=O)C1CC=CCC1C(=O)OCC. The quantitative estimate of drug-likeness (QED) is 0.370. The van der Waals surface area contributed by atoms with Crippen molar-refractivity contribution in [2.45, 2.75) is 58.8 Å². The number of ether oxygens (including phenoxy) is 2. The molecule has 120 valence electrons. The van der Waals surface area contributed by atoms with E-state index in [0.29, 0.717) is 26.1 Å². The van der Waals surface area contributed by atoms with Crippen LogP contribution in [0.15, 0.2) is 12.2 Å². The van der Waals surface area contributed by atoms with Gasteiger partial charge in [0.2, 0.25) is 0 Å². The van der Waals surface area contributed by atoms with E-state index in [4.69, 9.17) is 9.47 Å². The molecule has 0 bridgehead atoms. The Morgan fingerprint density at radius 2 is 1.48 bits per heavy atom. The molecule has 1 aliphatic carbocycles. The summed E-state index contributed by atoms with van der Waals surface area (Å²) in [5, 5.41) is 0. The molecule has 1 aliphatic rings. The van der Waals surface area contributed by atoms with E-state index in [1.165, 1.54) is 19.3 Å². The average Bonchev–Trinajstić information content (AvgIpc) is 2.50. The first kappa shape index (κ1) is 17.7. The van der Waals surface area contributed by atoms with Crippen LogP contribution in [0.2, 0.25) is 0 Å². The highest BCUT2D eigenvalue weighted by molar-refractivity contribution is 5.82. The van der Waals surface area contributed by atoms with E-state index in [1.807, 2.05) is 12.2 Å². The minimum absolute atomic E-state index is 0.257. The molecule has 4 heteroatoms. The van der Waals surface area contributed by atoms with E-state index >= 15 is 0 Å². The minimum Gasteiger partial charge on any atom is -0.466 e. The molecule has 0 spiro atoms. The lowest BCUT2D eigenvalue weighted by atomic mass is 9.83. The zero-order chi connectivity index (χ0) is 15.5. The second-order valence-electron chi connectivity index (χ2n) is 5.49. The smallest absolute Gasteiger partial charge is 0.310 e. The summed E-state index contributed by atoms with van der Waals surface area (Å²) in [4.78, 5) is 24.0. The lowest BCUT2D eigenvalue weighted by Crippen LogP contribution is -2.33. The average molecular weight is 296 g/mol. The maximum absolute atomic E-state index is 12.1. The van der Waals surface area contributed by atoms with Crippen LogP contribution in [0.25, 0.3) is 0 Å². The van der Waals surface area contributed by atoms with Gasteiger partial charge in [-0.1, -0.05) is 44.8 Å². The molecule has 0 aromatic rings. The number of allylic oxidation sites excluding steroid dienone is 2. The summed E-state index contributed by atoms with van der Waals surface area (Å²) >= 11 is 0. The van der Waals surface area contributed by atoms with Crippen molar-refractivity contribution in [3.8, 4) is 0 Å². The molecule has 2 unspecified atom stereocenters. The van der Waals surface area contributed by atoms with Crippen LogP contribution in [0.1, 0.15) is 58.8 Å². The monoisotopic (exact) mass is 296 g/mol. The molecule has 0 aromatic heterocycles. The van der Waals surface area contributed by atoms with Gasteiger partial charge in [0.25, 0.3) is 0 Å². The van der Waals surface area contributed by atoms with Crippen molar-refractivity contribution in [2.24, 2.45) is 11.8 Å². The molecule has 0 radical (unpaired) electrons. The molecule has 0 amide bonds. The number of unbranched alkanes of at least 4 members (excludes halogenated alkanes) is 4. The Kier molecular flexibility index (Phi) is 8.79. The maximum Gasteiger partial charge on any atom is 0.310 e. The Morgan fingerprint density at radius 3 is 2.05 bits per heavy atom. The first-order chi connectivity index (χ1) is 10.2. The van der Waals surface area contributed by atoms with Crippen molar-refractivity contribution in [3.05, 3.63) is 12.2 Å². The zero-order valence-corrected chi connectivity index (χ0v) is 13.3. The summed E-state index contributed by atoms with van der Waals surface area (Å²) in [7, 11) is 0. The van der Waals surface area contributed by atoms with Crippen molar-refractivity contribution >= 4 is 11.9 Å². The lowest BCUT2D eigenvalue weighted by Gasteiger charge is -2.25. The second kappa shape index (κ2) is 10.4. The van der Waals surface area contributed by atoms with Gasteiger partial charge in [0.05, 0.1) is 25.0 Å². The van der Waals surface area contributed by atoms with Crippen LogP contribution in [0.4, 0.5) is 0 Å². The molecular weight excluding hydrogens is 268 g/mol. The molecular formula is C17H28O4. The lowest BCUT2D eigenvalue weighted by molar-refractivity contribution is -0.160. The number of carbonyl (C=O) groups is 2. The second-order valence-corrected chi connectivity index (χ2v) is 5.49. The standard InChI is InChI=1S/C17H28O4/c1-3-5-6-7-10-13-21-17(19)15-12-9-8-11-14(15)16(18)20-4-2/h8-9,14-15H,3-7,10-13H2,1-2H3. The van der Waals surface area contributed by atoms with Gasteiger partial charge in [-0.2, -0.15) is 0 Å². The fraction of sp³-hybridized carbons (Fsp3) is 0.765. The van der Waals surface area contributed by atoms with Crippen molar-refractivity contribution in [1.82, 2.24) is 0 Å². The predicted octanol–water partition coefficient (Wildman–Crippen LogP) is 3.65. The third kappa shape index (κ3) is 6.32. The van der Waals surface area contributed by atoms with Gasteiger partial charge >= 0.3 is 11.9 Å². The van der Waals surface area contributed by atoms with E-state index in [0.717, 1.165) is 12.8 Å². The van der Waals surface area contributed by atoms with E-state index in [9.17, 15) is 9.59 Å². The molecule has 0 fully saturated rings. The van der Waals surface area contributed by atoms with Crippen LogP contribution in [-0.4, -0.2) is 25.2 Å². The van der Waals surface area contributed by atoms with E-state index in [1.54, 1.807) is 6.92 Å². The molecule has 4 nitrogen and oxygen atoms in total. The number of rotatable bonds is 9. The first-order valence-corrected chi connectivity index (χ1v) is 8.19. The molecule has 0 heterocycles. The Bertz CT molecular complexity index is 349. The van der Waals surface area contributed by atoms with Gasteiger partial charge in [0, 0.05) is 0 Å². The van der Waals surface area contributed by atoms with Crippen molar-refractivity contribution in [1.29, 1.82) is 0 Å². The molecule has 0 N–H and O–H groups in total. The molecule has 0 saturated heterocycles. The van der Waals surface area contributed by atoms with Gasteiger partial charge in [0.1, 0.15) is 0 Å².